The van der Waals surface area contributed by atoms with Crippen LogP contribution in [-0.2, 0) is 15.1 Å². The molecule has 106 valence electrons. The van der Waals surface area contributed by atoms with E-state index < -0.39 is 23.6 Å². The van der Waals surface area contributed by atoms with Crippen LogP contribution in [0.1, 0.15) is 19.4 Å². The van der Waals surface area contributed by atoms with Crippen molar-refractivity contribution in [2.75, 3.05) is 13.7 Å². The van der Waals surface area contributed by atoms with Gasteiger partial charge in [0, 0.05) is 0 Å². The van der Waals surface area contributed by atoms with Gasteiger partial charge in [0.05, 0.1) is 13.7 Å². The van der Waals surface area contributed by atoms with Crippen molar-refractivity contribution >= 4 is 5.97 Å². The van der Waals surface area contributed by atoms with Crippen LogP contribution in [0.15, 0.2) is 18.2 Å². The van der Waals surface area contributed by atoms with E-state index in [1.807, 2.05) is 0 Å². The molecule has 0 saturated heterocycles. The maximum absolute atomic E-state index is 13.9. The highest BCUT2D eigenvalue weighted by Crippen LogP contribution is 2.30. The van der Waals surface area contributed by atoms with Crippen LogP contribution in [0.4, 0.5) is 8.78 Å². The lowest BCUT2D eigenvalue weighted by Gasteiger charge is -2.26. The predicted molar refractivity (Wildman–Crippen MR) is 64.1 cm³/mol. The molecule has 0 aliphatic heterocycles. The molecular formula is C13H16F2O4. The first-order chi connectivity index (χ1) is 8.84. The number of carbonyl (C=O) groups is 1. The van der Waals surface area contributed by atoms with Crippen molar-refractivity contribution in [2.24, 2.45) is 0 Å². The van der Waals surface area contributed by atoms with Crippen LogP contribution < -0.4 is 4.74 Å². The topological polar surface area (TPSA) is 55.8 Å². The monoisotopic (exact) mass is 274 g/mol. The van der Waals surface area contributed by atoms with Gasteiger partial charge in [0.1, 0.15) is 5.60 Å². The van der Waals surface area contributed by atoms with Crippen molar-refractivity contribution in [3.8, 4) is 5.75 Å². The summed E-state index contributed by atoms with van der Waals surface area (Å²) in [6.07, 6.45) is -2.31. The number of alkyl halides is 1. The summed E-state index contributed by atoms with van der Waals surface area (Å²) in [6.45, 7) is 2.59. The fraction of sp³-hybridized carbons (Fsp3) is 0.462. The molecule has 6 heteroatoms. The average Bonchev–Trinajstić information content (AvgIpc) is 2.37. The Labute approximate surface area is 109 Å². The molecule has 0 aliphatic rings. The molecule has 1 N–H and O–H groups in total. The van der Waals surface area contributed by atoms with Crippen molar-refractivity contribution in [2.45, 2.75) is 25.6 Å². The van der Waals surface area contributed by atoms with Crippen molar-refractivity contribution < 1.29 is 28.2 Å². The molecule has 2 unspecified atom stereocenters. The van der Waals surface area contributed by atoms with Crippen molar-refractivity contribution in [1.29, 1.82) is 0 Å². The Morgan fingerprint density at radius 3 is 2.63 bits per heavy atom. The Morgan fingerprint density at radius 1 is 1.53 bits per heavy atom. The summed E-state index contributed by atoms with van der Waals surface area (Å²) >= 11 is 0. The highest BCUT2D eigenvalue weighted by Gasteiger charge is 2.41. The molecule has 19 heavy (non-hydrogen) atoms. The van der Waals surface area contributed by atoms with Crippen LogP contribution in [0.25, 0.3) is 0 Å². The highest BCUT2D eigenvalue weighted by atomic mass is 19.1. The zero-order valence-corrected chi connectivity index (χ0v) is 10.9. The van der Waals surface area contributed by atoms with Crippen molar-refractivity contribution in [3.05, 3.63) is 29.6 Å². The first-order valence-electron chi connectivity index (χ1n) is 5.71. The molecule has 0 heterocycles. The molecule has 1 aromatic rings. The molecule has 0 amide bonds. The smallest absolute Gasteiger partial charge is 0.344 e. The van der Waals surface area contributed by atoms with Gasteiger partial charge in [-0.3, -0.25) is 0 Å². The maximum Gasteiger partial charge on any atom is 0.344 e. The molecule has 0 saturated carbocycles. The van der Waals surface area contributed by atoms with Crippen LogP contribution in [-0.4, -0.2) is 31.0 Å². The molecule has 2 atom stereocenters. The van der Waals surface area contributed by atoms with E-state index in [1.54, 1.807) is 0 Å². The predicted octanol–water partition coefficient (Wildman–Crippen LogP) is 1.94. The van der Waals surface area contributed by atoms with Gasteiger partial charge in [-0.2, -0.15) is 0 Å². The fourth-order valence-corrected chi connectivity index (χ4v) is 1.57. The Morgan fingerprint density at radius 2 is 2.16 bits per heavy atom. The second-order valence-electron chi connectivity index (χ2n) is 4.11. The van der Waals surface area contributed by atoms with Crippen molar-refractivity contribution in [1.82, 2.24) is 0 Å². The molecule has 1 rings (SSSR count). The molecule has 0 fully saturated rings. The summed E-state index contributed by atoms with van der Waals surface area (Å²) < 4.78 is 36.6. The van der Waals surface area contributed by atoms with E-state index in [0.29, 0.717) is 0 Å². The van der Waals surface area contributed by atoms with Gasteiger partial charge in [-0.1, -0.05) is 6.07 Å². The van der Waals surface area contributed by atoms with E-state index in [-0.39, 0.29) is 17.9 Å². The summed E-state index contributed by atoms with van der Waals surface area (Å²) in [5.41, 5.74) is -2.26. The maximum atomic E-state index is 13.9. The van der Waals surface area contributed by atoms with Crippen molar-refractivity contribution in [3.63, 3.8) is 0 Å². The number of benzene rings is 1. The standard InChI is InChI=1S/C13H16F2O4/c1-4-19-12(16)11(15)13(2,17)8-5-6-10(18-3)9(14)7-8/h5-7,11,17H,4H2,1-3H3. The van der Waals surface area contributed by atoms with Gasteiger partial charge in [-0.15, -0.1) is 0 Å². The average molecular weight is 274 g/mol. The number of hydrogen-bond donors (Lipinski definition) is 1. The number of methoxy groups -OCH3 is 1. The zero-order valence-electron chi connectivity index (χ0n) is 10.9. The normalized spacial score (nSPS) is 15.5. The Bertz CT molecular complexity index is 460. The first-order valence-corrected chi connectivity index (χ1v) is 5.71. The van der Waals surface area contributed by atoms with E-state index >= 15 is 0 Å². The van der Waals surface area contributed by atoms with Gasteiger partial charge in [0.15, 0.2) is 11.6 Å². The Hall–Kier alpha value is -1.69. The van der Waals surface area contributed by atoms with E-state index in [9.17, 15) is 18.7 Å². The molecule has 0 aliphatic carbocycles. The Balaban J connectivity index is 3.05. The fourth-order valence-electron chi connectivity index (χ4n) is 1.57. The van der Waals surface area contributed by atoms with Crippen LogP contribution in [0.2, 0.25) is 0 Å². The zero-order chi connectivity index (χ0) is 14.6. The summed E-state index contributed by atoms with van der Waals surface area (Å²) in [5.74, 6) is -1.98. The number of aliphatic hydroxyl groups is 1. The van der Waals surface area contributed by atoms with E-state index in [0.717, 1.165) is 13.0 Å². The minimum Gasteiger partial charge on any atom is -0.494 e. The summed E-state index contributed by atoms with van der Waals surface area (Å²) in [6, 6.07) is 3.45. The van der Waals surface area contributed by atoms with Crippen LogP contribution >= 0.6 is 0 Å². The number of ether oxygens (including phenoxy) is 2. The minimum absolute atomic E-state index is 0.00763. The first kappa shape index (κ1) is 15.4. The van der Waals surface area contributed by atoms with Gasteiger partial charge in [0.25, 0.3) is 0 Å². The lowest BCUT2D eigenvalue weighted by molar-refractivity contribution is -0.160. The quantitative estimate of drug-likeness (QED) is 0.834. The number of hydrogen-bond acceptors (Lipinski definition) is 4. The third-order valence-electron chi connectivity index (χ3n) is 2.72. The van der Waals surface area contributed by atoms with Crippen LogP contribution in [0.5, 0.6) is 5.75 Å². The van der Waals surface area contributed by atoms with E-state index in [2.05, 4.69) is 4.74 Å². The number of esters is 1. The molecular weight excluding hydrogens is 258 g/mol. The van der Waals surface area contributed by atoms with Gasteiger partial charge in [0.2, 0.25) is 6.17 Å². The van der Waals surface area contributed by atoms with Crippen LogP contribution in [0.3, 0.4) is 0 Å². The third-order valence-corrected chi connectivity index (χ3v) is 2.72. The molecule has 0 aromatic heterocycles. The van der Waals surface area contributed by atoms with E-state index in [4.69, 9.17) is 4.74 Å². The summed E-state index contributed by atoms with van der Waals surface area (Å²) in [4.78, 5) is 11.3. The number of halogens is 2. The SMILES string of the molecule is CCOC(=O)C(F)C(C)(O)c1ccc(OC)c(F)c1. The number of rotatable bonds is 5. The summed E-state index contributed by atoms with van der Waals surface area (Å²) in [7, 11) is 1.28. The summed E-state index contributed by atoms with van der Waals surface area (Å²) in [5, 5.41) is 10.1. The number of carbonyl (C=O) groups excluding carboxylic acids is 1. The van der Waals surface area contributed by atoms with Gasteiger partial charge in [-0.25, -0.2) is 13.6 Å². The molecule has 4 nitrogen and oxygen atoms in total. The lowest BCUT2D eigenvalue weighted by Crippen LogP contribution is -2.40. The molecule has 0 radical (unpaired) electrons. The molecule has 1 aromatic carbocycles. The second kappa shape index (κ2) is 5.97. The van der Waals surface area contributed by atoms with Crippen LogP contribution in [0, 0.1) is 5.82 Å². The lowest BCUT2D eigenvalue weighted by atomic mass is 9.91. The van der Waals surface area contributed by atoms with E-state index in [1.165, 1.54) is 26.2 Å². The van der Waals surface area contributed by atoms with Gasteiger partial charge in [-0.05, 0) is 31.5 Å². The molecule has 0 bridgehead atoms. The molecule has 0 spiro atoms. The second-order valence-corrected chi connectivity index (χ2v) is 4.11. The van der Waals surface area contributed by atoms with Gasteiger partial charge < -0.3 is 14.6 Å². The largest absolute Gasteiger partial charge is 0.494 e. The minimum atomic E-state index is -2.31. The third kappa shape index (κ3) is 3.20. The van der Waals surface area contributed by atoms with Gasteiger partial charge >= 0.3 is 5.97 Å². The Kier molecular flexibility index (Phi) is 4.83. The highest BCUT2D eigenvalue weighted by molar-refractivity contribution is 5.76.